The van der Waals surface area contributed by atoms with Crippen molar-refractivity contribution in [3.8, 4) is 0 Å². The van der Waals surface area contributed by atoms with Crippen molar-refractivity contribution in [3.63, 3.8) is 0 Å². The summed E-state index contributed by atoms with van der Waals surface area (Å²) in [7, 11) is -4.55. The van der Waals surface area contributed by atoms with Crippen LogP contribution in [0.15, 0.2) is 12.6 Å². The second-order valence-electron chi connectivity index (χ2n) is 1.45. The van der Waals surface area contributed by atoms with E-state index in [1.54, 1.807) is 0 Å². The van der Waals surface area contributed by atoms with Gasteiger partial charge in [-0.15, -0.1) is 3.89 Å². The van der Waals surface area contributed by atoms with E-state index >= 15 is 0 Å². The molecule has 0 aliphatic rings. The highest BCUT2D eigenvalue weighted by Gasteiger charge is 2.06. The van der Waals surface area contributed by atoms with Crippen LogP contribution in [0.3, 0.4) is 0 Å². The highest BCUT2D eigenvalue weighted by Crippen LogP contribution is 1.96. The van der Waals surface area contributed by atoms with Crippen LogP contribution in [0.4, 0.5) is 8.28 Å². The van der Waals surface area contributed by atoms with Crippen LogP contribution in [0.25, 0.3) is 0 Å². The van der Waals surface area contributed by atoms with E-state index < -0.39 is 28.6 Å². The Morgan fingerprint density at radius 2 is 2.10 bits per heavy atom. The second-order valence-corrected chi connectivity index (χ2v) is 2.93. The summed E-state index contributed by atoms with van der Waals surface area (Å²) in [6.07, 6.45) is 0. The topological polar surface area (TPSA) is 43.4 Å². The predicted molar refractivity (Wildman–Crippen MR) is 31.1 cm³/mol. The summed E-state index contributed by atoms with van der Waals surface area (Å²) in [5.41, 5.74) is 0. The van der Waals surface area contributed by atoms with E-state index in [1.807, 2.05) is 0 Å². The first kappa shape index (κ1) is 9.35. The fraction of sp³-hybridized carbons (Fsp3) is 0.500. The van der Waals surface area contributed by atoms with Crippen LogP contribution >= 0.6 is 0 Å². The molecule has 0 N–H and O–H groups in total. The van der Waals surface area contributed by atoms with Gasteiger partial charge in [-0.05, 0) is 6.58 Å². The van der Waals surface area contributed by atoms with Crippen molar-refractivity contribution < 1.29 is 21.4 Å². The Balaban J connectivity index is 3.49. The molecule has 0 amide bonds. The molecule has 0 saturated heterocycles. The lowest BCUT2D eigenvalue weighted by Gasteiger charge is -1.97. The molecule has 0 atom stereocenters. The van der Waals surface area contributed by atoms with Crippen LogP contribution in [0.2, 0.25) is 0 Å². The van der Waals surface area contributed by atoms with Crippen molar-refractivity contribution in [1.82, 2.24) is 0 Å². The van der Waals surface area contributed by atoms with E-state index in [0.29, 0.717) is 0 Å². The summed E-state index contributed by atoms with van der Waals surface area (Å²) >= 11 is 0. The zero-order chi connectivity index (χ0) is 8.20. The van der Waals surface area contributed by atoms with E-state index in [-0.39, 0.29) is 0 Å². The van der Waals surface area contributed by atoms with Crippen LogP contribution in [-0.4, -0.2) is 20.8 Å². The van der Waals surface area contributed by atoms with Gasteiger partial charge in [0.25, 0.3) is 6.01 Å². The van der Waals surface area contributed by atoms with Gasteiger partial charge in [-0.2, -0.15) is 12.8 Å². The fourth-order valence-corrected chi connectivity index (χ4v) is 0.534. The van der Waals surface area contributed by atoms with Crippen molar-refractivity contribution in [3.05, 3.63) is 12.6 Å². The molecule has 6 heteroatoms. The second kappa shape index (κ2) is 3.50. The SMILES string of the molecule is C=C(F)OCCS(=O)(=O)F. The number of hydrogen-bond acceptors (Lipinski definition) is 3. The van der Waals surface area contributed by atoms with Crippen LogP contribution in [0.5, 0.6) is 0 Å². The maximum atomic E-state index is 11.6. The minimum atomic E-state index is -4.55. The molecule has 0 aromatic carbocycles. The Morgan fingerprint density at radius 1 is 1.60 bits per heavy atom. The summed E-state index contributed by atoms with van der Waals surface area (Å²) in [5, 5.41) is 0. The third-order valence-corrected chi connectivity index (χ3v) is 1.24. The molecule has 0 saturated carbocycles. The number of rotatable bonds is 4. The zero-order valence-corrected chi connectivity index (χ0v) is 5.83. The summed E-state index contributed by atoms with van der Waals surface area (Å²) in [6.45, 7) is 2.12. The molecule has 3 nitrogen and oxygen atoms in total. The molecule has 0 aromatic rings. The largest absolute Gasteiger partial charge is 0.470 e. The molecule has 0 bridgehead atoms. The minimum absolute atomic E-state index is 0.547. The quantitative estimate of drug-likeness (QED) is 0.464. The summed E-state index contributed by atoms with van der Waals surface area (Å²) in [6, 6.07) is -1.12. The third-order valence-electron chi connectivity index (χ3n) is 0.586. The highest BCUT2D eigenvalue weighted by molar-refractivity contribution is 7.86. The molecule has 0 radical (unpaired) electrons. The smallest absolute Gasteiger partial charge is 0.305 e. The Bertz CT molecular complexity index is 209. The summed E-state index contributed by atoms with van der Waals surface area (Å²) < 4.78 is 46.5. The average molecular weight is 172 g/mol. The molecule has 0 spiro atoms. The van der Waals surface area contributed by atoms with Gasteiger partial charge in [0.15, 0.2) is 0 Å². The van der Waals surface area contributed by atoms with Crippen molar-refractivity contribution in [2.75, 3.05) is 12.4 Å². The third kappa shape index (κ3) is 7.35. The number of halogens is 2. The molecule has 0 aliphatic carbocycles. The number of hydrogen-bond donors (Lipinski definition) is 0. The molecule has 0 fully saturated rings. The molecule has 0 heterocycles. The Kier molecular flexibility index (Phi) is 3.27. The van der Waals surface area contributed by atoms with Crippen molar-refractivity contribution in [1.29, 1.82) is 0 Å². The lowest BCUT2D eigenvalue weighted by Crippen LogP contribution is -2.05. The van der Waals surface area contributed by atoms with Gasteiger partial charge in [-0.1, -0.05) is 0 Å². The minimum Gasteiger partial charge on any atom is -0.470 e. The van der Waals surface area contributed by atoms with Gasteiger partial charge >= 0.3 is 10.2 Å². The van der Waals surface area contributed by atoms with Gasteiger partial charge in [0.1, 0.15) is 12.4 Å². The van der Waals surface area contributed by atoms with Crippen LogP contribution in [0, 0.1) is 0 Å². The van der Waals surface area contributed by atoms with Crippen LogP contribution in [0.1, 0.15) is 0 Å². The van der Waals surface area contributed by atoms with E-state index in [0.717, 1.165) is 0 Å². The average Bonchev–Trinajstić information content (AvgIpc) is 1.59. The van der Waals surface area contributed by atoms with Gasteiger partial charge in [0.2, 0.25) is 0 Å². The van der Waals surface area contributed by atoms with Crippen LogP contribution in [-0.2, 0) is 15.0 Å². The monoisotopic (exact) mass is 172 g/mol. The number of ether oxygens (including phenoxy) is 1. The maximum Gasteiger partial charge on any atom is 0.305 e. The van der Waals surface area contributed by atoms with Crippen molar-refractivity contribution >= 4 is 10.2 Å². The van der Waals surface area contributed by atoms with Gasteiger partial charge in [0, 0.05) is 0 Å². The van der Waals surface area contributed by atoms with Crippen molar-refractivity contribution in [2.45, 2.75) is 0 Å². The summed E-state index contributed by atoms with van der Waals surface area (Å²) in [5.74, 6) is -0.851. The van der Waals surface area contributed by atoms with E-state index in [2.05, 4.69) is 11.3 Å². The Hall–Kier alpha value is -0.650. The molecular formula is C4H6F2O3S. The van der Waals surface area contributed by atoms with Gasteiger partial charge < -0.3 is 4.74 Å². The standard InChI is InChI=1S/C4H6F2O3S/c1-4(5)9-2-3-10(6,7)8/h1-3H2. The molecule has 0 aromatic heterocycles. The molecular weight excluding hydrogens is 166 g/mol. The first-order valence-corrected chi connectivity index (χ1v) is 3.86. The maximum absolute atomic E-state index is 11.6. The van der Waals surface area contributed by atoms with Crippen LogP contribution < -0.4 is 0 Å². The molecule has 10 heavy (non-hydrogen) atoms. The van der Waals surface area contributed by atoms with E-state index in [1.165, 1.54) is 0 Å². The normalized spacial score (nSPS) is 11.0. The van der Waals surface area contributed by atoms with Gasteiger partial charge in [0.05, 0.1) is 0 Å². The predicted octanol–water partition coefficient (Wildman–Crippen LogP) is 0.743. The molecule has 0 rings (SSSR count). The first-order chi connectivity index (χ1) is 4.42. The zero-order valence-electron chi connectivity index (χ0n) is 5.01. The molecule has 0 aliphatic heterocycles. The van der Waals surface area contributed by atoms with Gasteiger partial charge in [-0.25, -0.2) is 0 Å². The first-order valence-electron chi connectivity index (χ1n) is 2.31. The molecule has 0 unspecified atom stereocenters. The Labute approximate surface area is 57.5 Å². The fourth-order valence-electron chi connectivity index (χ4n) is 0.252. The van der Waals surface area contributed by atoms with Gasteiger partial charge in [-0.3, -0.25) is 0 Å². The van der Waals surface area contributed by atoms with Crippen molar-refractivity contribution in [2.24, 2.45) is 0 Å². The lowest BCUT2D eigenvalue weighted by atomic mass is 10.8. The lowest BCUT2D eigenvalue weighted by molar-refractivity contribution is 0.161. The van der Waals surface area contributed by atoms with E-state index in [4.69, 9.17) is 0 Å². The Morgan fingerprint density at radius 3 is 2.40 bits per heavy atom. The molecule has 60 valence electrons. The highest BCUT2D eigenvalue weighted by atomic mass is 32.3. The summed E-state index contributed by atoms with van der Waals surface area (Å²) in [4.78, 5) is 0. The van der Waals surface area contributed by atoms with E-state index in [9.17, 15) is 16.7 Å².